The molecule has 0 fully saturated rings. The van der Waals surface area contributed by atoms with Crippen LogP contribution < -0.4 is 20.3 Å². The quantitative estimate of drug-likeness (QED) is 0.307. The van der Waals surface area contributed by atoms with Crippen LogP contribution in [-0.4, -0.2) is 39.0 Å². The molecular formula is C26H26N4O4S. The van der Waals surface area contributed by atoms with Gasteiger partial charge in [0.25, 0.3) is 5.56 Å². The van der Waals surface area contributed by atoms with Gasteiger partial charge in [0.2, 0.25) is 5.91 Å². The molecule has 5 rings (SSSR count). The number of benzene rings is 2. The molecule has 0 saturated heterocycles. The highest BCUT2D eigenvalue weighted by Crippen LogP contribution is 2.33. The van der Waals surface area contributed by atoms with Crippen LogP contribution in [0.3, 0.4) is 0 Å². The topological polar surface area (TPSA) is 87.4 Å². The van der Waals surface area contributed by atoms with Gasteiger partial charge in [-0.1, -0.05) is 49.0 Å². The molecule has 2 aromatic carbocycles. The fourth-order valence-corrected chi connectivity index (χ4v) is 4.98. The van der Waals surface area contributed by atoms with E-state index in [1.54, 1.807) is 22.8 Å². The molecule has 0 saturated carbocycles. The van der Waals surface area contributed by atoms with E-state index >= 15 is 0 Å². The van der Waals surface area contributed by atoms with Gasteiger partial charge in [0.05, 0.1) is 5.75 Å². The summed E-state index contributed by atoms with van der Waals surface area (Å²) in [6.45, 7) is 3.53. The molecule has 3 heterocycles. The second-order valence-corrected chi connectivity index (χ2v) is 9.21. The molecule has 0 spiro atoms. The third kappa shape index (κ3) is 4.64. The van der Waals surface area contributed by atoms with E-state index < -0.39 is 0 Å². The molecule has 4 aromatic rings. The number of ether oxygens (including phenoxy) is 2. The van der Waals surface area contributed by atoms with Crippen molar-refractivity contribution in [3.05, 3.63) is 65.1 Å². The number of amides is 1. The van der Waals surface area contributed by atoms with Crippen molar-refractivity contribution in [1.82, 2.24) is 14.1 Å². The highest BCUT2D eigenvalue weighted by atomic mass is 32.2. The van der Waals surface area contributed by atoms with Crippen LogP contribution in [0.4, 0.5) is 5.69 Å². The Morgan fingerprint density at radius 2 is 1.89 bits per heavy atom. The van der Waals surface area contributed by atoms with Gasteiger partial charge in [-0.3, -0.25) is 14.2 Å². The number of thioether (sulfide) groups is 1. The maximum Gasteiger partial charge on any atom is 0.278 e. The summed E-state index contributed by atoms with van der Waals surface area (Å²) in [5, 5.41) is 3.42. The van der Waals surface area contributed by atoms with Gasteiger partial charge in [-0.15, -0.1) is 0 Å². The standard InChI is InChI=1S/C26H26N4O4S/c1-3-11-30-25(32)24-23(19(15-29(24)2)17-7-5-4-6-8-17)28-26(30)35-16-22(31)27-18-9-10-20-21(14-18)34-13-12-33-20/h4-10,14-15H,3,11-13,16H2,1-2H3,(H,27,31). The van der Waals surface area contributed by atoms with Crippen LogP contribution in [0.25, 0.3) is 22.2 Å². The third-order valence-electron chi connectivity index (χ3n) is 5.73. The minimum atomic E-state index is -0.194. The Morgan fingerprint density at radius 3 is 2.66 bits per heavy atom. The van der Waals surface area contributed by atoms with Crippen molar-refractivity contribution in [2.24, 2.45) is 7.05 Å². The number of nitrogens with zero attached hydrogens (tertiary/aromatic N) is 3. The molecule has 0 atom stereocenters. The molecule has 1 amide bonds. The zero-order valence-electron chi connectivity index (χ0n) is 19.6. The van der Waals surface area contributed by atoms with Crippen LogP contribution in [0.2, 0.25) is 0 Å². The molecule has 0 unspecified atom stereocenters. The number of carbonyl (C=O) groups is 1. The number of hydrogen-bond acceptors (Lipinski definition) is 6. The number of aromatic nitrogens is 3. The average molecular weight is 491 g/mol. The summed E-state index contributed by atoms with van der Waals surface area (Å²) in [5.41, 5.74) is 3.62. The van der Waals surface area contributed by atoms with Gasteiger partial charge in [-0.2, -0.15) is 0 Å². The largest absolute Gasteiger partial charge is 0.486 e. The minimum Gasteiger partial charge on any atom is -0.486 e. The van der Waals surface area contributed by atoms with E-state index in [2.05, 4.69) is 5.32 Å². The van der Waals surface area contributed by atoms with Gasteiger partial charge in [0.15, 0.2) is 16.7 Å². The lowest BCUT2D eigenvalue weighted by molar-refractivity contribution is -0.113. The van der Waals surface area contributed by atoms with Crippen molar-refractivity contribution in [3.63, 3.8) is 0 Å². The van der Waals surface area contributed by atoms with E-state index in [-0.39, 0.29) is 17.2 Å². The molecule has 8 nitrogen and oxygen atoms in total. The van der Waals surface area contributed by atoms with Crippen molar-refractivity contribution in [2.75, 3.05) is 24.3 Å². The summed E-state index contributed by atoms with van der Waals surface area (Å²) in [6, 6.07) is 15.2. The van der Waals surface area contributed by atoms with E-state index in [4.69, 9.17) is 14.5 Å². The molecule has 1 N–H and O–H groups in total. The van der Waals surface area contributed by atoms with Crippen LogP contribution in [0.5, 0.6) is 11.5 Å². The second-order valence-electron chi connectivity index (χ2n) is 8.26. The maximum atomic E-state index is 13.4. The zero-order valence-corrected chi connectivity index (χ0v) is 20.4. The average Bonchev–Trinajstić information content (AvgIpc) is 3.21. The number of aryl methyl sites for hydroxylation is 1. The second kappa shape index (κ2) is 9.87. The lowest BCUT2D eigenvalue weighted by Gasteiger charge is -2.19. The number of fused-ring (bicyclic) bond motifs is 2. The fraction of sp³-hybridized carbons (Fsp3) is 0.269. The number of carbonyl (C=O) groups excluding carboxylic acids is 1. The molecule has 0 radical (unpaired) electrons. The number of nitrogens with one attached hydrogen (secondary N) is 1. The summed E-state index contributed by atoms with van der Waals surface area (Å²) in [5.74, 6) is 1.20. The summed E-state index contributed by atoms with van der Waals surface area (Å²) < 4.78 is 14.6. The van der Waals surface area contributed by atoms with Gasteiger partial charge in [0.1, 0.15) is 24.2 Å². The first-order chi connectivity index (χ1) is 17.0. The number of anilines is 1. The molecular weight excluding hydrogens is 464 g/mol. The monoisotopic (exact) mass is 490 g/mol. The third-order valence-corrected chi connectivity index (χ3v) is 6.71. The van der Waals surface area contributed by atoms with Crippen LogP contribution in [0.1, 0.15) is 13.3 Å². The Kier molecular flexibility index (Phi) is 6.50. The van der Waals surface area contributed by atoms with Gasteiger partial charge >= 0.3 is 0 Å². The lowest BCUT2D eigenvalue weighted by atomic mass is 10.1. The zero-order chi connectivity index (χ0) is 24.4. The van der Waals surface area contributed by atoms with Gasteiger partial charge in [0, 0.05) is 37.1 Å². The number of hydrogen-bond donors (Lipinski definition) is 1. The molecule has 0 aliphatic carbocycles. The first-order valence-corrected chi connectivity index (χ1v) is 12.5. The van der Waals surface area contributed by atoms with Crippen LogP contribution in [-0.2, 0) is 18.4 Å². The minimum absolute atomic E-state index is 0.101. The fourth-order valence-electron chi connectivity index (χ4n) is 4.16. The SMILES string of the molecule is CCCn1c(SCC(=O)Nc2ccc3c(c2)OCCO3)nc2c(-c3ccccc3)cn(C)c2c1=O. The van der Waals surface area contributed by atoms with Crippen LogP contribution in [0.15, 0.2) is 64.7 Å². The maximum absolute atomic E-state index is 13.4. The first kappa shape index (κ1) is 23.0. The predicted molar refractivity (Wildman–Crippen MR) is 137 cm³/mol. The summed E-state index contributed by atoms with van der Waals surface area (Å²) in [4.78, 5) is 31.1. The van der Waals surface area contributed by atoms with E-state index in [0.29, 0.717) is 53.1 Å². The smallest absolute Gasteiger partial charge is 0.278 e. The van der Waals surface area contributed by atoms with Crippen molar-refractivity contribution < 1.29 is 14.3 Å². The predicted octanol–water partition coefficient (Wildman–Crippen LogP) is 4.31. The van der Waals surface area contributed by atoms with E-state index in [1.807, 2.05) is 55.1 Å². The van der Waals surface area contributed by atoms with Gasteiger partial charge in [-0.05, 0) is 24.1 Å². The highest BCUT2D eigenvalue weighted by molar-refractivity contribution is 7.99. The molecule has 9 heteroatoms. The molecule has 1 aliphatic heterocycles. The van der Waals surface area contributed by atoms with Gasteiger partial charge < -0.3 is 19.4 Å². The highest BCUT2D eigenvalue weighted by Gasteiger charge is 2.19. The molecule has 35 heavy (non-hydrogen) atoms. The Balaban J connectivity index is 1.42. The summed E-state index contributed by atoms with van der Waals surface area (Å²) in [7, 11) is 1.86. The van der Waals surface area contributed by atoms with E-state index in [1.165, 1.54) is 11.8 Å². The Bertz CT molecular complexity index is 1450. The van der Waals surface area contributed by atoms with Crippen LogP contribution in [0, 0.1) is 0 Å². The van der Waals surface area contributed by atoms with Crippen molar-refractivity contribution in [1.29, 1.82) is 0 Å². The lowest BCUT2D eigenvalue weighted by Crippen LogP contribution is -2.25. The van der Waals surface area contributed by atoms with E-state index in [9.17, 15) is 9.59 Å². The van der Waals surface area contributed by atoms with Crippen LogP contribution >= 0.6 is 11.8 Å². The van der Waals surface area contributed by atoms with Crippen molar-refractivity contribution >= 4 is 34.4 Å². The Hall–Kier alpha value is -3.72. The number of rotatable bonds is 7. The normalized spacial score (nSPS) is 12.6. The van der Waals surface area contributed by atoms with Crippen molar-refractivity contribution in [2.45, 2.75) is 25.0 Å². The Labute approximate surface area is 206 Å². The Morgan fingerprint density at radius 1 is 1.11 bits per heavy atom. The summed E-state index contributed by atoms with van der Waals surface area (Å²) in [6.07, 6.45) is 2.72. The van der Waals surface area contributed by atoms with Crippen molar-refractivity contribution in [3.8, 4) is 22.6 Å². The molecule has 1 aliphatic rings. The summed E-state index contributed by atoms with van der Waals surface area (Å²) >= 11 is 1.26. The molecule has 180 valence electrons. The van der Waals surface area contributed by atoms with Gasteiger partial charge in [-0.25, -0.2) is 4.98 Å². The molecule has 2 aromatic heterocycles. The van der Waals surface area contributed by atoms with E-state index in [0.717, 1.165) is 17.5 Å². The first-order valence-electron chi connectivity index (χ1n) is 11.5. The molecule has 0 bridgehead atoms.